The van der Waals surface area contributed by atoms with Crippen molar-refractivity contribution in [1.82, 2.24) is 0 Å². The number of esters is 2. The van der Waals surface area contributed by atoms with E-state index in [-0.39, 0.29) is 19.0 Å². The standard InChI is InChI=1S/C25H33ClO5/c1-3-5-6-7-8-9-10-11-24(27)31-23(18-25(28)29-4-2)22-17-16-21(30-22)19-12-14-20(26)15-13-19/h12-17,23H,3-11,18H2,1-2H3/t23-/m1/s1. The molecule has 0 N–H and O–H groups in total. The van der Waals surface area contributed by atoms with Gasteiger partial charge in [0.05, 0.1) is 13.0 Å². The lowest BCUT2D eigenvalue weighted by Crippen LogP contribution is -2.16. The van der Waals surface area contributed by atoms with Crippen molar-refractivity contribution in [1.29, 1.82) is 0 Å². The molecular formula is C25H33ClO5. The lowest BCUT2D eigenvalue weighted by Gasteiger charge is -2.15. The van der Waals surface area contributed by atoms with Gasteiger partial charge in [0.15, 0.2) is 6.10 Å². The molecule has 0 fully saturated rings. The summed E-state index contributed by atoms with van der Waals surface area (Å²) in [6.07, 6.45) is 7.29. The van der Waals surface area contributed by atoms with E-state index in [2.05, 4.69) is 6.92 Å². The van der Waals surface area contributed by atoms with Crippen LogP contribution in [0.2, 0.25) is 5.02 Å². The van der Waals surface area contributed by atoms with E-state index in [4.69, 9.17) is 25.5 Å². The summed E-state index contributed by atoms with van der Waals surface area (Å²) in [7, 11) is 0. The molecule has 0 aliphatic carbocycles. The molecule has 31 heavy (non-hydrogen) atoms. The molecule has 2 aromatic rings. The number of carbonyl (C=O) groups is 2. The lowest BCUT2D eigenvalue weighted by molar-refractivity contribution is -0.156. The molecule has 1 atom stereocenters. The van der Waals surface area contributed by atoms with Crippen LogP contribution < -0.4 is 0 Å². The van der Waals surface area contributed by atoms with Gasteiger partial charge in [0.1, 0.15) is 11.5 Å². The predicted octanol–water partition coefficient (Wildman–Crippen LogP) is 7.28. The highest BCUT2D eigenvalue weighted by Crippen LogP contribution is 2.30. The molecule has 0 bridgehead atoms. The highest BCUT2D eigenvalue weighted by molar-refractivity contribution is 6.30. The predicted molar refractivity (Wildman–Crippen MR) is 122 cm³/mol. The molecule has 1 aromatic carbocycles. The Morgan fingerprint density at radius 1 is 0.903 bits per heavy atom. The van der Waals surface area contributed by atoms with Gasteiger partial charge in [-0.25, -0.2) is 0 Å². The molecule has 1 heterocycles. The van der Waals surface area contributed by atoms with Gasteiger partial charge in [-0.1, -0.05) is 57.0 Å². The van der Waals surface area contributed by atoms with Crippen molar-refractivity contribution in [2.24, 2.45) is 0 Å². The van der Waals surface area contributed by atoms with E-state index >= 15 is 0 Å². The normalized spacial score (nSPS) is 11.8. The number of furan rings is 1. The molecule has 0 amide bonds. The topological polar surface area (TPSA) is 65.7 Å². The summed E-state index contributed by atoms with van der Waals surface area (Å²) in [5.41, 5.74) is 0.847. The van der Waals surface area contributed by atoms with Gasteiger partial charge in [0.25, 0.3) is 0 Å². The smallest absolute Gasteiger partial charge is 0.310 e. The first kappa shape index (κ1) is 25.0. The third-order valence-electron chi connectivity index (χ3n) is 4.99. The van der Waals surface area contributed by atoms with E-state index in [1.54, 1.807) is 31.2 Å². The zero-order valence-electron chi connectivity index (χ0n) is 18.5. The Labute approximate surface area is 190 Å². The second-order valence-electron chi connectivity index (χ2n) is 7.57. The average molecular weight is 449 g/mol. The molecule has 6 heteroatoms. The van der Waals surface area contributed by atoms with Crippen LogP contribution in [0.5, 0.6) is 0 Å². The molecule has 1 aromatic heterocycles. The number of halogens is 1. The zero-order chi connectivity index (χ0) is 22.5. The van der Waals surface area contributed by atoms with E-state index in [1.165, 1.54) is 25.7 Å². The van der Waals surface area contributed by atoms with Crippen LogP contribution in [0.15, 0.2) is 40.8 Å². The Morgan fingerprint density at radius 2 is 1.58 bits per heavy atom. The molecule has 0 saturated heterocycles. The van der Waals surface area contributed by atoms with E-state index in [0.29, 0.717) is 23.0 Å². The maximum Gasteiger partial charge on any atom is 0.310 e. The van der Waals surface area contributed by atoms with Gasteiger partial charge in [-0.3, -0.25) is 9.59 Å². The number of hydrogen-bond donors (Lipinski definition) is 0. The molecule has 0 spiro atoms. The summed E-state index contributed by atoms with van der Waals surface area (Å²) in [6, 6.07) is 10.8. The van der Waals surface area contributed by atoms with Gasteiger partial charge in [-0.2, -0.15) is 0 Å². The molecule has 5 nitrogen and oxygen atoms in total. The van der Waals surface area contributed by atoms with Crippen LogP contribution in [0.3, 0.4) is 0 Å². The first-order valence-electron chi connectivity index (χ1n) is 11.2. The summed E-state index contributed by atoms with van der Waals surface area (Å²) < 4.78 is 16.6. The summed E-state index contributed by atoms with van der Waals surface area (Å²) in [5.74, 6) is 0.280. The van der Waals surface area contributed by atoms with Crippen LogP contribution in [-0.2, 0) is 19.1 Å². The molecule has 170 valence electrons. The van der Waals surface area contributed by atoms with Crippen LogP contribution in [0.4, 0.5) is 0 Å². The minimum Gasteiger partial charge on any atom is -0.466 e. The second kappa shape index (κ2) is 13.9. The molecule has 0 radical (unpaired) electrons. The fraction of sp³-hybridized carbons (Fsp3) is 0.520. The average Bonchev–Trinajstić information content (AvgIpc) is 3.23. The third-order valence-corrected chi connectivity index (χ3v) is 5.24. The molecule has 0 aliphatic rings. The van der Waals surface area contributed by atoms with Crippen LogP contribution in [0.1, 0.15) is 83.5 Å². The minimum atomic E-state index is -0.808. The SMILES string of the molecule is CCCCCCCCCC(=O)O[C@H](CC(=O)OCC)c1ccc(-c2ccc(Cl)cc2)o1. The number of rotatable bonds is 14. The molecular weight excluding hydrogens is 416 g/mol. The van der Waals surface area contributed by atoms with Crippen molar-refractivity contribution >= 4 is 23.5 Å². The minimum absolute atomic E-state index is 0.0792. The number of benzene rings is 1. The number of hydrogen-bond acceptors (Lipinski definition) is 5. The highest BCUT2D eigenvalue weighted by Gasteiger charge is 2.24. The van der Waals surface area contributed by atoms with Crippen molar-refractivity contribution in [3.05, 3.63) is 47.2 Å². The third kappa shape index (κ3) is 9.18. The fourth-order valence-electron chi connectivity index (χ4n) is 3.31. The van der Waals surface area contributed by atoms with Gasteiger partial charge in [-0.15, -0.1) is 0 Å². The van der Waals surface area contributed by atoms with Crippen LogP contribution in [0, 0.1) is 0 Å². The first-order valence-corrected chi connectivity index (χ1v) is 11.6. The zero-order valence-corrected chi connectivity index (χ0v) is 19.3. The Balaban J connectivity index is 1.95. The lowest BCUT2D eigenvalue weighted by atomic mass is 10.1. The molecule has 0 aliphatic heterocycles. The summed E-state index contributed by atoms with van der Waals surface area (Å²) >= 11 is 5.94. The van der Waals surface area contributed by atoms with Gasteiger partial charge < -0.3 is 13.9 Å². The van der Waals surface area contributed by atoms with Crippen LogP contribution in [-0.4, -0.2) is 18.5 Å². The van der Waals surface area contributed by atoms with Gasteiger partial charge >= 0.3 is 11.9 Å². The summed E-state index contributed by atoms with van der Waals surface area (Å²) in [4.78, 5) is 24.4. The number of carbonyl (C=O) groups excluding carboxylic acids is 2. The van der Waals surface area contributed by atoms with Gasteiger partial charge in [0, 0.05) is 17.0 Å². The molecule has 0 unspecified atom stereocenters. The highest BCUT2D eigenvalue weighted by atomic mass is 35.5. The second-order valence-corrected chi connectivity index (χ2v) is 8.00. The monoisotopic (exact) mass is 448 g/mol. The quantitative estimate of drug-likeness (QED) is 0.224. The van der Waals surface area contributed by atoms with E-state index < -0.39 is 12.1 Å². The van der Waals surface area contributed by atoms with Crippen LogP contribution >= 0.6 is 11.6 Å². The number of ether oxygens (including phenoxy) is 2. The van der Waals surface area contributed by atoms with E-state index in [1.807, 2.05) is 12.1 Å². The van der Waals surface area contributed by atoms with Gasteiger partial charge in [0.2, 0.25) is 0 Å². The van der Waals surface area contributed by atoms with Crippen molar-refractivity contribution in [2.45, 2.75) is 77.7 Å². The molecule has 0 saturated carbocycles. The van der Waals surface area contributed by atoms with E-state index in [9.17, 15) is 9.59 Å². The summed E-state index contributed by atoms with van der Waals surface area (Å²) in [5, 5.41) is 0.634. The van der Waals surface area contributed by atoms with Crippen molar-refractivity contribution in [3.8, 4) is 11.3 Å². The fourth-order valence-corrected chi connectivity index (χ4v) is 3.44. The molecule has 2 rings (SSSR count). The Bertz CT molecular complexity index is 796. The largest absolute Gasteiger partial charge is 0.466 e. The Hall–Kier alpha value is -2.27. The number of unbranched alkanes of at least 4 members (excludes halogenated alkanes) is 6. The van der Waals surface area contributed by atoms with Gasteiger partial charge in [-0.05, 0) is 49.7 Å². The maximum atomic E-state index is 12.4. The van der Waals surface area contributed by atoms with Crippen molar-refractivity contribution < 1.29 is 23.5 Å². The van der Waals surface area contributed by atoms with Crippen molar-refractivity contribution in [3.63, 3.8) is 0 Å². The van der Waals surface area contributed by atoms with Crippen LogP contribution in [0.25, 0.3) is 11.3 Å². The Kier molecular flexibility index (Phi) is 11.2. The maximum absolute atomic E-state index is 12.4. The van der Waals surface area contributed by atoms with Crippen molar-refractivity contribution in [2.75, 3.05) is 6.61 Å². The first-order chi connectivity index (χ1) is 15.0. The summed E-state index contributed by atoms with van der Waals surface area (Å²) in [6.45, 7) is 4.21. The Morgan fingerprint density at radius 3 is 2.26 bits per heavy atom. The van der Waals surface area contributed by atoms with E-state index in [0.717, 1.165) is 24.8 Å².